The highest BCUT2D eigenvalue weighted by atomic mass is 15.1. The lowest BCUT2D eigenvalue weighted by atomic mass is 10.2. The number of hydrogen-bond donors (Lipinski definition) is 2. The number of nitrogens with zero attached hydrogens (tertiary/aromatic N) is 3. The van der Waals surface area contributed by atoms with E-state index in [1.807, 2.05) is 13.0 Å². The zero-order valence-electron chi connectivity index (χ0n) is 10.6. The molecule has 0 aliphatic rings. The molecule has 0 saturated heterocycles. The Morgan fingerprint density at radius 1 is 1.29 bits per heavy atom. The van der Waals surface area contributed by atoms with Gasteiger partial charge in [-0.1, -0.05) is 13.8 Å². The molecule has 2 N–H and O–H groups in total. The largest absolute Gasteiger partial charge is 0.370 e. The number of hydrogen-bond acceptors (Lipinski definition) is 5. The minimum absolute atomic E-state index is 0.470. The summed E-state index contributed by atoms with van der Waals surface area (Å²) >= 11 is 0. The van der Waals surface area contributed by atoms with Crippen molar-refractivity contribution in [1.82, 2.24) is 9.97 Å². The van der Waals surface area contributed by atoms with E-state index in [1.54, 1.807) is 0 Å². The summed E-state index contributed by atoms with van der Waals surface area (Å²) in [6, 6.07) is 3.95. The van der Waals surface area contributed by atoms with Gasteiger partial charge >= 0.3 is 0 Å². The number of rotatable bonds is 6. The van der Waals surface area contributed by atoms with Gasteiger partial charge in [-0.2, -0.15) is 5.26 Å². The van der Waals surface area contributed by atoms with Crippen molar-refractivity contribution in [3.63, 3.8) is 0 Å². The Morgan fingerprint density at radius 2 is 1.94 bits per heavy atom. The van der Waals surface area contributed by atoms with Gasteiger partial charge < -0.3 is 10.6 Å². The summed E-state index contributed by atoms with van der Waals surface area (Å²) in [4.78, 5) is 8.57. The molecular formula is C12H19N5. The molecule has 1 aromatic heterocycles. The summed E-state index contributed by atoms with van der Waals surface area (Å²) in [6.07, 6.45) is 0.470. The molecule has 0 aliphatic heterocycles. The van der Waals surface area contributed by atoms with E-state index in [4.69, 9.17) is 5.26 Å². The monoisotopic (exact) mass is 233 g/mol. The van der Waals surface area contributed by atoms with Gasteiger partial charge in [-0.3, -0.25) is 0 Å². The minimum atomic E-state index is 0.470. The van der Waals surface area contributed by atoms with Crippen molar-refractivity contribution in [2.24, 2.45) is 5.92 Å². The predicted molar refractivity (Wildman–Crippen MR) is 68.8 cm³/mol. The minimum Gasteiger partial charge on any atom is -0.370 e. The Morgan fingerprint density at radius 3 is 2.53 bits per heavy atom. The lowest BCUT2D eigenvalue weighted by molar-refractivity contribution is 0.686. The maximum absolute atomic E-state index is 8.46. The molecule has 1 heterocycles. The van der Waals surface area contributed by atoms with Crippen molar-refractivity contribution < 1.29 is 0 Å². The molecule has 1 rings (SSSR count). The predicted octanol–water partition coefficient (Wildman–Crippen LogP) is 2.18. The van der Waals surface area contributed by atoms with E-state index in [2.05, 4.69) is 40.5 Å². The fourth-order valence-corrected chi connectivity index (χ4v) is 1.30. The van der Waals surface area contributed by atoms with E-state index in [-0.39, 0.29) is 0 Å². The fraction of sp³-hybridized carbons (Fsp3) is 0.583. The molecular weight excluding hydrogens is 214 g/mol. The SMILES string of the molecule is Cc1nc(NCCC#N)cc(NCC(C)C)n1. The zero-order chi connectivity index (χ0) is 12.7. The van der Waals surface area contributed by atoms with Crippen LogP contribution in [-0.4, -0.2) is 23.1 Å². The van der Waals surface area contributed by atoms with Crippen molar-refractivity contribution in [1.29, 1.82) is 5.26 Å². The number of nitrogens with one attached hydrogen (secondary N) is 2. The van der Waals surface area contributed by atoms with Crippen molar-refractivity contribution >= 4 is 11.6 Å². The second-order valence-electron chi connectivity index (χ2n) is 4.30. The number of anilines is 2. The summed E-state index contributed by atoms with van der Waals surface area (Å²) in [7, 11) is 0. The molecule has 0 aromatic carbocycles. The van der Waals surface area contributed by atoms with Crippen LogP contribution >= 0.6 is 0 Å². The van der Waals surface area contributed by atoms with E-state index >= 15 is 0 Å². The van der Waals surface area contributed by atoms with E-state index in [0.29, 0.717) is 18.9 Å². The Labute approximate surface area is 102 Å². The zero-order valence-corrected chi connectivity index (χ0v) is 10.6. The quantitative estimate of drug-likeness (QED) is 0.737. The third-order valence-corrected chi connectivity index (χ3v) is 2.07. The van der Waals surface area contributed by atoms with Gasteiger partial charge in [-0.25, -0.2) is 9.97 Å². The van der Waals surface area contributed by atoms with Gasteiger partial charge in [0.1, 0.15) is 17.5 Å². The number of nitriles is 1. The first-order valence-corrected chi connectivity index (χ1v) is 5.82. The molecule has 92 valence electrons. The standard InChI is InChI=1S/C12H19N5/c1-9(2)8-15-12-7-11(14-6-4-5-13)16-10(3)17-12/h7,9H,4,6,8H2,1-3H3,(H2,14,15,16,17). The van der Waals surface area contributed by atoms with Crippen LogP contribution in [0.5, 0.6) is 0 Å². The van der Waals surface area contributed by atoms with Crippen LogP contribution in [0.3, 0.4) is 0 Å². The van der Waals surface area contributed by atoms with Crippen LogP contribution in [0.4, 0.5) is 11.6 Å². The Hall–Kier alpha value is -1.83. The van der Waals surface area contributed by atoms with Gasteiger partial charge in [0.15, 0.2) is 0 Å². The van der Waals surface area contributed by atoms with Crippen molar-refractivity contribution in [3.8, 4) is 6.07 Å². The Kier molecular flexibility index (Phi) is 5.21. The molecule has 0 amide bonds. The second kappa shape index (κ2) is 6.69. The van der Waals surface area contributed by atoms with Gasteiger partial charge in [-0.05, 0) is 12.8 Å². The van der Waals surface area contributed by atoms with E-state index in [0.717, 1.165) is 24.0 Å². The van der Waals surface area contributed by atoms with Crippen LogP contribution in [-0.2, 0) is 0 Å². The highest BCUT2D eigenvalue weighted by Crippen LogP contribution is 2.11. The summed E-state index contributed by atoms with van der Waals surface area (Å²) < 4.78 is 0. The summed E-state index contributed by atoms with van der Waals surface area (Å²) in [5.41, 5.74) is 0. The normalized spacial score (nSPS) is 10.1. The summed E-state index contributed by atoms with van der Waals surface area (Å²) in [5.74, 6) is 2.88. The molecule has 0 fully saturated rings. The second-order valence-corrected chi connectivity index (χ2v) is 4.30. The summed E-state index contributed by atoms with van der Waals surface area (Å²) in [5, 5.41) is 14.8. The first-order chi connectivity index (χ1) is 8.11. The highest BCUT2D eigenvalue weighted by Gasteiger charge is 2.02. The molecule has 0 bridgehead atoms. The lowest BCUT2D eigenvalue weighted by Crippen LogP contribution is -2.11. The maximum atomic E-state index is 8.46. The first kappa shape index (κ1) is 13.2. The van der Waals surface area contributed by atoms with E-state index in [1.165, 1.54) is 0 Å². The third kappa shape index (κ3) is 5.16. The van der Waals surface area contributed by atoms with Crippen LogP contribution in [0.2, 0.25) is 0 Å². The summed E-state index contributed by atoms with van der Waals surface area (Å²) in [6.45, 7) is 7.64. The van der Waals surface area contributed by atoms with Crippen LogP contribution in [0.15, 0.2) is 6.07 Å². The van der Waals surface area contributed by atoms with Crippen LogP contribution in [0, 0.1) is 24.2 Å². The van der Waals surface area contributed by atoms with Crippen LogP contribution in [0.1, 0.15) is 26.1 Å². The topological polar surface area (TPSA) is 73.6 Å². The van der Waals surface area contributed by atoms with Gasteiger partial charge in [0.25, 0.3) is 0 Å². The number of aromatic nitrogens is 2. The molecule has 0 atom stereocenters. The molecule has 17 heavy (non-hydrogen) atoms. The van der Waals surface area contributed by atoms with Crippen molar-refractivity contribution in [3.05, 3.63) is 11.9 Å². The first-order valence-electron chi connectivity index (χ1n) is 5.82. The Balaban J connectivity index is 2.62. The molecule has 5 heteroatoms. The molecule has 0 unspecified atom stereocenters. The lowest BCUT2D eigenvalue weighted by Gasteiger charge is -2.10. The molecule has 1 aromatic rings. The Bertz CT molecular complexity index is 394. The molecule has 0 spiro atoms. The van der Waals surface area contributed by atoms with E-state index < -0.39 is 0 Å². The van der Waals surface area contributed by atoms with Crippen LogP contribution in [0.25, 0.3) is 0 Å². The molecule has 0 saturated carbocycles. The fourth-order valence-electron chi connectivity index (χ4n) is 1.30. The molecule has 0 radical (unpaired) electrons. The van der Waals surface area contributed by atoms with E-state index in [9.17, 15) is 0 Å². The van der Waals surface area contributed by atoms with Crippen LogP contribution < -0.4 is 10.6 Å². The number of aryl methyl sites for hydroxylation is 1. The smallest absolute Gasteiger partial charge is 0.131 e. The van der Waals surface area contributed by atoms with Crippen molar-refractivity contribution in [2.75, 3.05) is 23.7 Å². The van der Waals surface area contributed by atoms with Gasteiger partial charge in [0.2, 0.25) is 0 Å². The average Bonchev–Trinajstić information content (AvgIpc) is 2.26. The molecule has 5 nitrogen and oxygen atoms in total. The maximum Gasteiger partial charge on any atom is 0.131 e. The van der Waals surface area contributed by atoms with Gasteiger partial charge in [-0.15, -0.1) is 0 Å². The molecule has 0 aliphatic carbocycles. The van der Waals surface area contributed by atoms with Gasteiger partial charge in [0.05, 0.1) is 12.5 Å². The van der Waals surface area contributed by atoms with Gasteiger partial charge in [0, 0.05) is 19.2 Å². The highest BCUT2D eigenvalue weighted by molar-refractivity contribution is 5.47. The van der Waals surface area contributed by atoms with Crippen molar-refractivity contribution in [2.45, 2.75) is 27.2 Å². The third-order valence-electron chi connectivity index (χ3n) is 2.07. The average molecular weight is 233 g/mol.